The summed E-state index contributed by atoms with van der Waals surface area (Å²) in [4.78, 5) is 27.9. The third kappa shape index (κ3) is 5.99. The van der Waals surface area contributed by atoms with Gasteiger partial charge in [-0.3, -0.25) is 4.79 Å². The first kappa shape index (κ1) is 23.4. The summed E-state index contributed by atoms with van der Waals surface area (Å²) in [5.41, 5.74) is 0.626. The summed E-state index contributed by atoms with van der Waals surface area (Å²) in [5.74, 6) is 1.16. The minimum absolute atomic E-state index is 0.339. The molecule has 34 heavy (non-hydrogen) atoms. The van der Waals surface area contributed by atoms with E-state index in [4.69, 9.17) is 23.7 Å². The van der Waals surface area contributed by atoms with Crippen molar-refractivity contribution in [1.29, 1.82) is 0 Å². The number of rotatable bonds is 10. The smallest absolute Gasteiger partial charge is 0.344 e. The second-order valence-electron chi connectivity index (χ2n) is 7.22. The number of benzene rings is 2. The maximum atomic E-state index is 13.1. The van der Waals surface area contributed by atoms with Crippen LogP contribution in [0.25, 0.3) is 0 Å². The van der Waals surface area contributed by atoms with Crippen LogP contribution < -0.4 is 23.8 Å². The monoisotopic (exact) mass is 483 g/mol. The van der Waals surface area contributed by atoms with Crippen molar-refractivity contribution in [1.82, 2.24) is 0 Å². The van der Waals surface area contributed by atoms with Gasteiger partial charge in [-0.15, -0.1) is 11.3 Å². The first-order chi connectivity index (χ1) is 16.6. The number of esters is 1. The molecule has 0 fully saturated rings. The minimum Gasteiger partial charge on any atom is -0.490 e. The summed E-state index contributed by atoms with van der Waals surface area (Å²) in [7, 11) is 0. The summed E-state index contributed by atoms with van der Waals surface area (Å²) < 4.78 is 27.4. The summed E-state index contributed by atoms with van der Waals surface area (Å²) in [6.07, 6.45) is 0. The first-order valence-electron chi connectivity index (χ1n) is 10.9. The molecule has 0 atom stereocenters. The van der Waals surface area contributed by atoms with Crippen LogP contribution in [0.3, 0.4) is 0 Å². The van der Waals surface area contributed by atoms with Crippen LogP contribution in [0.4, 0.5) is 5.69 Å². The molecule has 178 valence electrons. The minimum atomic E-state index is -0.655. The Labute approximate surface area is 201 Å². The van der Waals surface area contributed by atoms with Gasteiger partial charge in [0, 0.05) is 16.6 Å². The van der Waals surface area contributed by atoms with Gasteiger partial charge in [-0.05, 0) is 42.6 Å². The average Bonchev–Trinajstić information content (AvgIpc) is 3.38. The lowest BCUT2D eigenvalue weighted by molar-refractivity contribution is -0.149. The van der Waals surface area contributed by atoms with Crippen LogP contribution in [0, 0.1) is 0 Å². The van der Waals surface area contributed by atoms with Crippen LogP contribution in [-0.2, 0) is 20.9 Å². The zero-order valence-corrected chi connectivity index (χ0v) is 19.5. The predicted molar refractivity (Wildman–Crippen MR) is 127 cm³/mol. The van der Waals surface area contributed by atoms with E-state index in [0.717, 1.165) is 4.88 Å². The number of carbonyl (C=O) groups excluding carboxylic acids is 2. The Morgan fingerprint density at radius 1 is 0.941 bits per heavy atom. The third-order valence-electron chi connectivity index (χ3n) is 4.88. The largest absolute Gasteiger partial charge is 0.490 e. The Balaban J connectivity index is 1.39. The van der Waals surface area contributed by atoms with Crippen LogP contribution in [0.5, 0.6) is 23.0 Å². The van der Waals surface area contributed by atoms with E-state index in [-0.39, 0.29) is 12.5 Å². The molecular weight excluding hydrogens is 458 g/mol. The molecule has 0 radical (unpaired) electrons. The first-order valence-corrected chi connectivity index (χ1v) is 11.7. The molecule has 1 aliphatic heterocycles. The molecule has 0 aliphatic carbocycles. The van der Waals surface area contributed by atoms with Gasteiger partial charge in [-0.2, -0.15) is 0 Å². The summed E-state index contributed by atoms with van der Waals surface area (Å²) in [6.45, 7) is 2.84. The number of ether oxygens (including phenoxy) is 5. The van der Waals surface area contributed by atoms with Crippen molar-refractivity contribution in [2.75, 3.05) is 37.9 Å². The number of thiophene rings is 1. The summed E-state index contributed by atoms with van der Waals surface area (Å²) in [5, 5.41) is 1.94. The molecule has 0 saturated carbocycles. The molecular formula is C25H25NO7S. The number of nitrogens with zero attached hydrogens (tertiary/aromatic N) is 1. The zero-order chi connectivity index (χ0) is 23.8. The number of para-hydroxylation sites is 2. The number of hydrogen-bond acceptors (Lipinski definition) is 8. The van der Waals surface area contributed by atoms with E-state index in [1.807, 2.05) is 30.5 Å². The second-order valence-corrected chi connectivity index (χ2v) is 8.25. The molecule has 3 aromatic rings. The second kappa shape index (κ2) is 11.4. The summed E-state index contributed by atoms with van der Waals surface area (Å²) >= 11 is 1.54. The predicted octanol–water partition coefficient (Wildman–Crippen LogP) is 4.07. The topological polar surface area (TPSA) is 83.5 Å². The average molecular weight is 484 g/mol. The molecule has 8 nitrogen and oxygen atoms in total. The van der Waals surface area contributed by atoms with E-state index in [1.165, 1.54) is 11.3 Å². The fourth-order valence-electron chi connectivity index (χ4n) is 3.32. The van der Waals surface area contributed by atoms with Gasteiger partial charge >= 0.3 is 5.97 Å². The van der Waals surface area contributed by atoms with Crippen molar-refractivity contribution in [3.8, 4) is 23.0 Å². The maximum Gasteiger partial charge on any atom is 0.344 e. The Morgan fingerprint density at radius 3 is 2.44 bits per heavy atom. The van der Waals surface area contributed by atoms with E-state index in [1.54, 1.807) is 41.3 Å². The molecule has 0 saturated heterocycles. The van der Waals surface area contributed by atoms with Crippen LogP contribution in [0.1, 0.15) is 11.8 Å². The lowest BCUT2D eigenvalue weighted by atomic mass is 10.2. The van der Waals surface area contributed by atoms with E-state index in [9.17, 15) is 9.59 Å². The fraction of sp³-hybridized carbons (Fsp3) is 0.280. The van der Waals surface area contributed by atoms with Crippen molar-refractivity contribution in [3.05, 3.63) is 64.9 Å². The van der Waals surface area contributed by atoms with Gasteiger partial charge in [0.15, 0.2) is 36.2 Å². The normalized spacial score (nSPS) is 12.0. The van der Waals surface area contributed by atoms with Crippen LogP contribution in [0.15, 0.2) is 60.0 Å². The van der Waals surface area contributed by atoms with E-state index in [0.29, 0.717) is 55.1 Å². The number of amides is 1. The SMILES string of the molecule is CCOc1ccccc1OCC(=O)OCC(=O)N(Cc1cccs1)c1ccc2c(c1)OCCO2. The lowest BCUT2D eigenvalue weighted by Crippen LogP contribution is -2.34. The molecule has 2 aromatic carbocycles. The Morgan fingerprint density at radius 2 is 1.71 bits per heavy atom. The van der Waals surface area contributed by atoms with E-state index < -0.39 is 12.6 Å². The zero-order valence-electron chi connectivity index (χ0n) is 18.7. The van der Waals surface area contributed by atoms with Gasteiger partial charge in [-0.1, -0.05) is 18.2 Å². The van der Waals surface area contributed by atoms with Gasteiger partial charge in [0.2, 0.25) is 0 Å². The molecule has 0 unspecified atom stereocenters. The molecule has 9 heteroatoms. The number of fused-ring (bicyclic) bond motifs is 1. The van der Waals surface area contributed by atoms with Crippen molar-refractivity contribution in [2.24, 2.45) is 0 Å². The molecule has 1 amide bonds. The number of anilines is 1. The highest BCUT2D eigenvalue weighted by Crippen LogP contribution is 2.35. The van der Waals surface area contributed by atoms with Crippen LogP contribution in [-0.4, -0.2) is 44.9 Å². The number of carbonyl (C=O) groups is 2. The van der Waals surface area contributed by atoms with Crippen LogP contribution in [0.2, 0.25) is 0 Å². The summed E-state index contributed by atoms with van der Waals surface area (Å²) in [6, 6.07) is 16.2. The van der Waals surface area contributed by atoms with Crippen LogP contribution >= 0.6 is 11.3 Å². The van der Waals surface area contributed by atoms with Gasteiger partial charge in [0.25, 0.3) is 5.91 Å². The highest BCUT2D eigenvalue weighted by molar-refractivity contribution is 7.09. The number of hydrogen-bond donors (Lipinski definition) is 0. The van der Waals surface area contributed by atoms with E-state index in [2.05, 4.69) is 0 Å². The quantitative estimate of drug-likeness (QED) is 0.402. The van der Waals surface area contributed by atoms with Crippen molar-refractivity contribution in [3.63, 3.8) is 0 Å². The van der Waals surface area contributed by atoms with Gasteiger partial charge in [0.1, 0.15) is 13.2 Å². The highest BCUT2D eigenvalue weighted by atomic mass is 32.1. The molecule has 0 N–H and O–H groups in total. The maximum absolute atomic E-state index is 13.1. The molecule has 4 rings (SSSR count). The molecule has 0 bridgehead atoms. The van der Waals surface area contributed by atoms with Gasteiger partial charge in [-0.25, -0.2) is 4.79 Å². The Hall–Kier alpha value is -3.72. The van der Waals surface area contributed by atoms with Crippen molar-refractivity contribution in [2.45, 2.75) is 13.5 Å². The standard InChI is InChI=1S/C25H25NO7S/c1-2-29-20-7-3-4-8-21(20)32-17-25(28)33-16-24(27)26(15-19-6-5-13-34-19)18-9-10-22-23(14-18)31-12-11-30-22/h3-10,13-14H,2,11-12,15-17H2,1H3. The molecule has 1 aliphatic rings. The highest BCUT2D eigenvalue weighted by Gasteiger charge is 2.22. The molecule has 2 heterocycles. The Kier molecular flexibility index (Phi) is 7.87. The van der Waals surface area contributed by atoms with E-state index >= 15 is 0 Å². The molecule has 1 aromatic heterocycles. The molecule has 0 spiro atoms. The fourth-order valence-corrected chi connectivity index (χ4v) is 4.02. The van der Waals surface area contributed by atoms with Crippen molar-refractivity contribution >= 4 is 28.9 Å². The van der Waals surface area contributed by atoms with Gasteiger partial charge in [0.05, 0.1) is 13.2 Å². The van der Waals surface area contributed by atoms with Gasteiger partial charge < -0.3 is 28.6 Å². The van der Waals surface area contributed by atoms with Crippen molar-refractivity contribution < 1.29 is 33.3 Å². The third-order valence-corrected chi connectivity index (χ3v) is 5.74. The lowest BCUT2D eigenvalue weighted by Gasteiger charge is -2.25. The Bertz CT molecular complexity index is 1120.